The summed E-state index contributed by atoms with van der Waals surface area (Å²) in [7, 11) is 0. The van der Waals surface area contributed by atoms with E-state index in [1.165, 1.54) is 0 Å². The fourth-order valence-corrected chi connectivity index (χ4v) is 14.4. The normalized spacial score (nSPS) is 53.4. The van der Waals surface area contributed by atoms with Gasteiger partial charge in [0.15, 0.2) is 11.5 Å². The zero-order valence-corrected chi connectivity index (χ0v) is 27.1. The number of aliphatic carboxylic acids is 1. The van der Waals surface area contributed by atoms with Gasteiger partial charge in [0.2, 0.25) is 5.78 Å². The summed E-state index contributed by atoms with van der Waals surface area (Å²) in [5, 5.41) is 21.3. The van der Waals surface area contributed by atoms with E-state index in [1.54, 1.807) is 6.08 Å². The van der Waals surface area contributed by atoms with Gasteiger partial charge in [0.25, 0.3) is 0 Å². The van der Waals surface area contributed by atoms with Gasteiger partial charge in [-0.3, -0.25) is 14.4 Å². The maximum atomic E-state index is 14.4. The standard InChI is InChI=1S/C27H33I3O5/c1-14-6-5-9-25(21(34)35)11-8-17-22(2)10-7-16-23(3,13-15(31)20(33)24(16,4)28)18(22)12-19(32)26(17,29)27(14,25)30/h12-14,16-17,31H,5-11H2,1-4H3,(H,34,35). The molecule has 0 amide bonds. The van der Waals surface area contributed by atoms with Crippen LogP contribution >= 0.6 is 67.8 Å². The lowest BCUT2D eigenvalue weighted by atomic mass is 9.39. The number of ketones is 2. The van der Waals surface area contributed by atoms with Crippen molar-refractivity contribution in [2.45, 2.75) is 82.9 Å². The van der Waals surface area contributed by atoms with E-state index in [9.17, 15) is 24.6 Å². The molecule has 9 atom stereocenters. The Morgan fingerprint density at radius 2 is 1.63 bits per heavy atom. The van der Waals surface area contributed by atoms with E-state index in [1.807, 2.05) is 13.0 Å². The number of hydrogen-bond acceptors (Lipinski definition) is 4. The minimum absolute atomic E-state index is 0.000520. The summed E-state index contributed by atoms with van der Waals surface area (Å²) in [5.74, 6) is -1.08. The first kappa shape index (κ1) is 26.9. The quantitative estimate of drug-likeness (QED) is 0.225. The first-order valence-electron chi connectivity index (χ1n) is 12.6. The molecule has 5 rings (SSSR count). The Labute approximate surface area is 248 Å². The highest BCUT2D eigenvalue weighted by atomic mass is 127. The number of carboxylic acids is 1. The second kappa shape index (κ2) is 7.91. The fourth-order valence-electron chi connectivity index (χ4n) is 9.27. The third-order valence-corrected chi connectivity index (χ3v) is 18.3. The largest absolute Gasteiger partial charge is 0.505 e. The van der Waals surface area contributed by atoms with Crippen molar-refractivity contribution < 1.29 is 24.6 Å². The summed E-state index contributed by atoms with van der Waals surface area (Å²) in [5.41, 5.74) is -0.800. The first-order chi connectivity index (χ1) is 16.0. The molecule has 5 nitrogen and oxygen atoms in total. The lowest BCUT2D eigenvalue weighted by Crippen LogP contribution is -2.75. The van der Waals surface area contributed by atoms with Gasteiger partial charge in [0.05, 0.1) is 12.3 Å². The van der Waals surface area contributed by atoms with Crippen molar-refractivity contribution in [2.24, 2.45) is 34.0 Å². The Kier molecular flexibility index (Phi) is 6.07. The third-order valence-electron chi connectivity index (χ3n) is 10.9. The molecule has 0 aliphatic heterocycles. The molecule has 5 aliphatic rings. The smallest absolute Gasteiger partial charge is 0.311 e. The lowest BCUT2D eigenvalue weighted by molar-refractivity contribution is -0.163. The monoisotopic (exact) mass is 818 g/mol. The predicted octanol–water partition coefficient (Wildman–Crippen LogP) is 6.79. The minimum Gasteiger partial charge on any atom is -0.505 e. The van der Waals surface area contributed by atoms with Crippen LogP contribution in [0.15, 0.2) is 23.5 Å². The van der Waals surface area contributed by atoms with Crippen molar-refractivity contribution in [3.8, 4) is 0 Å². The zero-order valence-electron chi connectivity index (χ0n) is 20.6. The molecule has 0 spiro atoms. The lowest BCUT2D eigenvalue weighted by Gasteiger charge is -2.69. The highest BCUT2D eigenvalue weighted by Gasteiger charge is 2.78. The summed E-state index contributed by atoms with van der Waals surface area (Å²) in [6, 6.07) is 0. The van der Waals surface area contributed by atoms with Crippen LogP contribution in [0, 0.1) is 34.0 Å². The Bertz CT molecular complexity index is 1110. The Morgan fingerprint density at radius 1 is 1.00 bits per heavy atom. The number of alkyl halides is 3. The molecule has 3 saturated carbocycles. The van der Waals surface area contributed by atoms with E-state index in [0.29, 0.717) is 19.3 Å². The van der Waals surface area contributed by atoms with E-state index in [0.717, 1.165) is 31.3 Å². The van der Waals surface area contributed by atoms with Gasteiger partial charge in [-0.15, -0.1) is 0 Å². The van der Waals surface area contributed by atoms with Gasteiger partial charge >= 0.3 is 5.97 Å². The molecule has 0 aromatic rings. The summed E-state index contributed by atoms with van der Waals surface area (Å²) in [6.45, 7) is 8.40. The number of hydrogen-bond donors (Lipinski definition) is 2. The van der Waals surface area contributed by atoms with Crippen LogP contribution in [-0.2, 0) is 14.4 Å². The Morgan fingerprint density at radius 3 is 2.26 bits per heavy atom. The number of aliphatic hydroxyl groups is 1. The molecule has 9 unspecified atom stereocenters. The summed E-state index contributed by atoms with van der Waals surface area (Å²) >= 11 is 7.00. The van der Waals surface area contributed by atoms with E-state index in [4.69, 9.17) is 0 Å². The van der Waals surface area contributed by atoms with Crippen LogP contribution in [0.2, 0.25) is 0 Å². The second-order valence-electron chi connectivity index (χ2n) is 12.3. The van der Waals surface area contributed by atoms with Crippen LogP contribution in [0.4, 0.5) is 0 Å². The Balaban J connectivity index is 1.75. The fraction of sp³-hybridized carbons (Fsp3) is 0.741. The van der Waals surface area contributed by atoms with Gasteiger partial charge in [-0.1, -0.05) is 101 Å². The van der Waals surface area contributed by atoms with Crippen molar-refractivity contribution in [3.05, 3.63) is 23.5 Å². The maximum Gasteiger partial charge on any atom is 0.311 e. The van der Waals surface area contributed by atoms with Crippen molar-refractivity contribution in [1.82, 2.24) is 0 Å². The van der Waals surface area contributed by atoms with Gasteiger partial charge in [-0.25, -0.2) is 0 Å². The molecule has 5 aliphatic carbocycles. The summed E-state index contributed by atoms with van der Waals surface area (Å²) in [4.78, 5) is 40.2. The van der Waals surface area contributed by atoms with Crippen LogP contribution in [-0.4, -0.2) is 38.0 Å². The molecule has 0 aromatic heterocycles. The van der Waals surface area contributed by atoms with E-state index in [-0.39, 0.29) is 40.5 Å². The van der Waals surface area contributed by atoms with E-state index in [2.05, 4.69) is 88.5 Å². The molecule has 35 heavy (non-hydrogen) atoms. The highest BCUT2D eigenvalue weighted by molar-refractivity contribution is 14.1. The van der Waals surface area contributed by atoms with Crippen LogP contribution in [0.3, 0.4) is 0 Å². The molecular weight excluding hydrogens is 785 g/mol. The molecule has 3 fully saturated rings. The zero-order chi connectivity index (χ0) is 26.0. The van der Waals surface area contributed by atoms with Gasteiger partial charge in [0, 0.05) is 5.41 Å². The van der Waals surface area contributed by atoms with Crippen molar-refractivity contribution >= 4 is 85.3 Å². The number of fused-ring (bicyclic) bond motifs is 7. The van der Waals surface area contributed by atoms with Gasteiger partial charge in [-0.05, 0) is 80.8 Å². The summed E-state index contributed by atoms with van der Waals surface area (Å²) in [6.07, 6.45) is 8.93. The number of aliphatic hydroxyl groups excluding tert-OH is 1. The number of rotatable bonds is 1. The minimum atomic E-state index is -0.905. The van der Waals surface area contributed by atoms with E-state index >= 15 is 0 Å². The Hall–Kier alpha value is 0.280. The molecule has 0 bridgehead atoms. The van der Waals surface area contributed by atoms with Crippen molar-refractivity contribution in [1.29, 1.82) is 0 Å². The molecule has 0 aromatic carbocycles. The average molecular weight is 818 g/mol. The SMILES string of the molecule is CC1CCCC2(C(=O)O)CCC3C4(C)CCC5C(C)(I)C(=O)C(O)=CC5(C)C4=CC(=O)C3(I)C12I. The van der Waals surface area contributed by atoms with Crippen LogP contribution in [0.5, 0.6) is 0 Å². The number of halogens is 3. The second-order valence-corrected chi connectivity index (χ2v) is 18.0. The predicted molar refractivity (Wildman–Crippen MR) is 159 cm³/mol. The topological polar surface area (TPSA) is 91.7 Å². The number of carbonyl (C=O) groups is 3. The molecule has 8 heteroatoms. The third kappa shape index (κ3) is 2.94. The number of allylic oxidation sites excluding steroid dienone is 4. The number of Topliss-reactive ketones (excluding diaryl/α,β-unsaturated/α-hetero) is 1. The molecular formula is C27H33I3O5. The van der Waals surface area contributed by atoms with Crippen molar-refractivity contribution in [2.75, 3.05) is 0 Å². The summed E-state index contributed by atoms with van der Waals surface area (Å²) < 4.78 is -2.26. The van der Waals surface area contributed by atoms with Crippen LogP contribution in [0.25, 0.3) is 0 Å². The van der Waals surface area contributed by atoms with Gasteiger partial charge < -0.3 is 10.2 Å². The maximum absolute atomic E-state index is 14.4. The van der Waals surface area contributed by atoms with E-state index < -0.39 is 27.1 Å². The van der Waals surface area contributed by atoms with Crippen LogP contribution in [0.1, 0.15) is 72.6 Å². The van der Waals surface area contributed by atoms with Crippen molar-refractivity contribution in [3.63, 3.8) is 0 Å². The number of carbonyl (C=O) groups excluding carboxylic acids is 2. The first-order valence-corrected chi connectivity index (χ1v) is 15.8. The van der Waals surface area contributed by atoms with Gasteiger partial charge in [-0.2, -0.15) is 0 Å². The van der Waals surface area contributed by atoms with Gasteiger partial charge in [0.1, 0.15) is 3.42 Å². The molecule has 0 heterocycles. The molecule has 0 saturated heterocycles. The molecule has 0 radical (unpaired) electrons. The molecule has 2 N–H and O–H groups in total. The average Bonchev–Trinajstić information content (AvgIpc) is 2.76. The number of carboxylic acid groups (broad SMARTS) is 1. The van der Waals surface area contributed by atoms with Crippen LogP contribution < -0.4 is 0 Å². The highest BCUT2D eigenvalue weighted by Crippen LogP contribution is 2.75. The molecule has 192 valence electrons.